The van der Waals surface area contributed by atoms with E-state index in [0.29, 0.717) is 12.4 Å². The summed E-state index contributed by atoms with van der Waals surface area (Å²) >= 11 is 0. The maximum Gasteiger partial charge on any atom is 0.288 e. The number of nitrogens with zero attached hydrogens (tertiary/aromatic N) is 2. The fraction of sp³-hybridized carbons (Fsp3) is 0.727. The number of aryl methyl sites for hydroxylation is 1. The van der Waals surface area contributed by atoms with Crippen LogP contribution in [0.1, 0.15) is 46.1 Å². The zero-order chi connectivity index (χ0) is 11.9. The Balaban J connectivity index is 3.24. The number of imidazole rings is 1. The summed E-state index contributed by atoms with van der Waals surface area (Å²) in [6, 6.07) is 0. The summed E-state index contributed by atoms with van der Waals surface area (Å²) in [6.07, 6.45) is 1.45. The van der Waals surface area contributed by atoms with Crippen molar-refractivity contribution < 1.29 is 8.78 Å². The van der Waals surface area contributed by atoms with Crippen LogP contribution in [0.25, 0.3) is 0 Å². The van der Waals surface area contributed by atoms with Crippen molar-refractivity contribution >= 4 is 0 Å². The molecule has 0 bridgehead atoms. The summed E-state index contributed by atoms with van der Waals surface area (Å²) in [7, 11) is 0. The smallest absolute Gasteiger partial charge is 0.288 e. The average Bonchev–Trinajstić information content (AvgIpc) is 2.44. The van der Waals surface area contributed by atoms with Crippen LogP contribution in [0.5, 0.6) is 0 Å². The summed E-state index contributed by atoms with van der Waals surface area (Å²) in [6.45, 7) is 9.38. The summed E-state index contributed by atoms with van der Waals surface area (Å²) in [5.74, 6) is -2.15. The van der Waals surface area contributed by atoms with Crippen molar-refractivity contribution in [1.29, 1.82) is 0 Å². The molecule has 15 heavy (non-hydrogen) atoms. The van der Waals surface area contributed by atoms with E-state index >= 15 is 0 Å². The Morgan fingerprint density at radius 3 is 2.07 bits per heavy atom. The van der Waals surface area contributed by atoms with Gasteiger partial charge in [-0.25, -0.2) is 4.98 Å². The van der Waals surface area contributed by atoms with Gasteiger partial charge >= 0.3 is 0 Å². The summed E-state index contributed by atoms with van der Waals surface area (Å²) in [4.78, 5) is 4.04. The lowest BCUT2D eigenvalue weighted by molar-refractivity contribution is 0.0129. The molecular formula is C11H18F2N2. The van der Waals surface area contributed by atoms with Gasteiger partial charge in [-0.3, -0.25) is 0 Å². The Labute approximate surface area is 89.3 Å². The normalized spacial score (nSPS) is 13.3. The molecule has 0 unspecified atom stereocenters. The third kappa shape index (κ3) is 2.55. The molecule has 0 radical (unpaired) electrons. The number of rotatable bonds is 2. The van der Waals surface area contributed by atoms with Crippen LogP contribution in [-0.4, -0.2) is 9.55 Å². The van der Waals surface area contributed by atoms with Crippen molar-refractivity contribution in [3.05, 3.63) is 17.7 Å². The quantitative estimate of drug-likeness (QED) is 0.741. The van der Waals surface area contributed by atoms with Crippen molar-refractivity contribution in [2.75, 3.05) is 0 Å². The van der Waals surface area contributed by atoms with Crippen LogP contribution in [0.2, 0.25) is 0 Å². The SMILES string of the molecule is CCn1cc(C(C)(F)F)nc1C(C)(C)C. The van der Waals surface area contributed by atoms with E-state index in [4.69, 9.17) is 0 Å². The van der Waals surface area contributed by atoms with Gasteiger partial charge in [-0.05, 0) is 6.92 Å². The molecule has 2 nitrogen and oxygen atoms in total. The number of aromatic nitrogens is 2. The molecule has 1 rings (SSSR count). The first kappa shape index (κ1) is 12.1. The highest BCUT2D eigenvalue weighted by Gasteiger charge is 2.31. The molecule has 0 aliphatic carbocycles. The molecule has 0 saturated heterocycles. The van der Waals surface area contributed by atoms with E-state index in [1.807, 2.05) is 27.7 Å². The molecule has 4 heteroatoms. The van der Waals surface area contributed by atoms with E-state index < -0.39 is 5.92 Å². The van der Waals surface area contributed by atoms with Crippen LogP contribution in [-0.2, 0) is 17.9 Å². The maximum atomic E-state index is 13.1. The molecule has 0 atom stereocenters. The lowest BCUT2D eigenvalue weighted by Gasteiger charge is -2.18. The van der Waals surface area contributed by atoms with E-state index in [0.717, 1.165) is 6.92 Å². The van der Waals surface area contributed by atoms with Crippen molar-refractivity contribution in [3.8, 4) is 0 Å². The molecule has 1 aromatic rings. The Hall–Kier alpha value is -0.930. The van der Waals surface area contributed by atoms with Crippen molar-refractivity contribution in [2.45, 2.75) is 52.5 Å². The van der Waals surface area contributed by atoms with Gasteiger partial charge in [-0.2, -0.15) is 8.78 Å². The number of hydrogen-bond acceptors (Lipinski definition) is 1. The van der Waals surface area contributed by atoms with Crippen LogP contribution in [0.3, 0.4) is 0 Å². The van der Waals surface area contributed by atoms with Crippen molar-refractivity contribution in [1.82, 2.24) is 9.55 Å². The summed E-state index contributed by atoms with van der Waals surface area (Å²) in [5.41, 5.74) is -0.353. The molecule has 0 aromatic carbocycles. The maximum absolute atomic E-state index is 13.1. The standard InChI is InChI=1S/C11H18F2N2/c1-6-15-7-8(11(5,12)13)14-9(15)10(2,3)4/h7H,6H2,1-5H3. The molecule has 0 aliphatic heterocycles. The summed E-state index contributed by atoms with van der Waals surface area (Å²) < 4.78 is 28.0. The van der Waals surface area contributed by atoms with Crippen LogP contribution in [0.4, 0.5) is 8.78 Å². The molecule has 0 fully saturated rings. The van der Waals surface area contributed by atoms with Gasteiger partial charge in [0.1, 0.15) is 11.5 Å². The molecular weight excluding hydrogens is 198 g/mol. The Bertz CT molecular complexity index is 342. The fourth-order valence-electron chi connectivity index (χ4n) is 1.47. The van der Waals surface area contributed by atoms with E-state index in [1.54, 1.807) is 4.57 Å². The second kappa shape index (κ2) is 3.58. The van der Waals surface area contributed by atoms with Gasteiger partial charge in [0.2, 0.25) is 0 Å². The van der Waals surface area contributed by atoms with Crippen LogP contribution >= 0.6 is 0 Å². The Morgan fingerprint density at radius 2 is 1.80 bits per heavy atom. The van der Waals surface area contributed by atoms with E-state index in [2.05, 4.69) is 4.98 Å². The minimum atomic E-state index is -2.86. The van der Waals surface area contributed by atoms with Gasteiger partial charge in [0.05, 0.1) is 0 Å². The van der Waals surface area contributed by atoms with Crippen LogP contribution < -0.4 is 0 Å². The average molecular weight is 216 g/mol. The van der Waals surface area contributed by atoms with Crippen LogP contribution in [0.15, 0.2) is 6.20 Å². The molecule has 0 amide bonds. The zero-order valence-corrected chi connectivity index (χ0v) is 9.93. The van der Waals surface area contributed by atoms with Crippen molar-refractivity contribution in [3.63, 3.8) is 0 Å². The van der Waals surface area contributed by atoms with E-state index in [1.165, 1.54) is 6.20 Å². The Morgan fingerprint density at radius 1 is 1.27 bits per heavy atom. The van der Waals surface area contributed by atoms with Gasteiger partial charge in [0.25, 0.3) is 5.92 Å². The molecule has 1 heterocycles. The van der Waals surface area contributed by atoms with Gasteiger partial charge in [-0.15, -0.1) is 0 Å². The highest BCUT2D eigenvalue weighted by atomic mass is 19.3. The van der Waals surface area contributed by atoms with Gasteiger partial charge < -0.3 is 4.57 Å². The molecule has 0 saturated carbocycles. The highest BCUT2D eigenvalue weighted by Crippen LogP contribution is 2.29. The molecule has 86 valence electrons. The van der Waals surface area contributed by atoms with Gasteiger partial charge in [0, 0.05) is 25.1 Å². The lowest BCUT2D eigenvalue weighted by atomic mass is 9.96. The minimum Gasteiger partial charge on any atom is -0.334 e. The number of alkyl halides is 2. The lowest BCUT2D eigenvalue weighted by Crippen LogP contribution is -2.18. The van der Waals surface area contributed by atoms with Crippen LogP contribution in [0, 0.1) is 0 Å². The third-order valence-corrected chi connectivity index (χ3v) is 2.24. The first-order valence-corrected chi connectivity index (χ1v) is 5.12. The predicted octanol–water partition coefficient (Wildman–Crippen LogP) is 3.31. The number of halogens is 2. The topological polar surface area (TPSA) is 17.8 Å². The van der Waals surface area contributed by atoms with Gasteiger partial charge in [-0.1, -0.05) is 20.8 Å². The molecule has 0 aliphatic rings. The van der Waals surface area contributed by atoms with Crippen molar-refractivity contribution in [2.24, 2.45) is 0 Å². The highest BCUT2D eigenvalue weighted by molar-refractivity contribution is 5.14. The Kier molecular flexibility index (Phi) is 2.90. The molecule has 1 aromatic heterocycles. The summed E-state index contributed by atoms with van der Waals surface area (Å²) in [5, 5.41) is 0. The predicted molar refractivity (Wildman–Crippen MR) is 56.2 cm³/mol. The first-order valence-electron chi connectivity index (χ1n) is 5.12. The van der Waals surface area contributed by atoms with E-state index in [-0.39, 0.29) is 11.1 Å². The van der Waals surface area contributed by atoms with Gasteiger partial charge in [0.15, 0.2) is 0 Å². The number of hydrogen-bond donors (Lipinski definition) is 0. The third-order valence-electron chi connectivity index (χ3n) is 2.24. The minimum absolute atomic E-state index is 0.144. The second-order valence-electron chi connectivity index (χ2n) is 4.87. The van der Waals surface area contributed by atoms with E-state index in [9.17, 15) is 8.78 Å². The fourth-order valence-corrected chi connectivity index (χ4v) is 1.47. The monoisotopic (exact) mass is 216 g/mol. The zero-order valence-electron chi connectivity index (χ0n) is 9.93. The molecule has 0 spiro atoms. The second-order valence-corrected chi connectivity index (χ2v) is 4.87. The largest absolute Gasteiger partial charge is 0.334 e. The first-order chi connectivity index (χ1) is 6.66. The molecule has 0 N–H and O–H groups in total.